The number of nitrogens with one attached hydrogen (secondary N) is 1. The lowest BCUT2D eigenvalue weighted by Crippen LogP contribution is -2.50. The van der Waals surface area contributed by atoms with E-state index in [1.54, 1.807) is 20.8 Å². The molecule has 1 N–H and O–H groups in total. The van der Waals surface area contributed by atoms with Crippen LogP contribution in [0.1, 0.15) is 67.3 Å². The second-order valence-corrected chi connectivity index (χ2v) is 10.1. The lowest BCUT2D eigenvalue weighted by Gasteiger charge is -2.34. The minimum Gasteiger partial charge on any atom is -0.443 e. The first kappa shape index (κ1) is 29.2. The predicted octanol–water partition coefficient (Wildman–Crippen LogP) is 7.43. The Morgan fingerprint density at radius 1 is 1.05 bits per heavy atom. The molecule has 206 valence electrons. The quantitative estimate of drug-likeness (QED) is 0.408. The fourth-order valence-electron chi connectivity index (χ4n) is 4.30. The van der Waals surface area contributed by atoms with Crippen LogP contribution in [0.4, 0.5) is 41.2 Å². The molecule has 1 aliphatic heterocycles. The number of benzene rings is 2. The van der Waals surface area contributed by atoms with Crippen molar-refractivity contribution in [1.82, 2.24) is 5.32 Å². The standard InChI is InChI=1S/C26H26F7N3O2/c1-14-7-19-16(12-34)5-6-22(35-13-15-8-17(25(28,29)30)10-18(27)9-15)36(23(37)38-24(2,3)4)21(19)11-20(14)26(31,32)33/h7-11,16,22,35H,5-6,13H2,1-4H3/t16?,22-/m0/s1. The molecule has 1 amide bonds. The molecule has 0 spiro atoms. The number of ether oxygens (including phenoxy) is 1. The van der Waals surface area contributed by atoms with Crippen LogP contribution >= 0.6 is 0 Å². The summed E-state index contributed by atoms with van der Waals surface area (Å²) in [7, 11) is 0. The molecule has 1 unspecified atom stereocenters. The molecule has 12 heteroatoms. The van der Waals surface area contributed by atoms with Gasteiger partial charge in [-0.2, -0.15) is 31.6 Å². The Labute approximate surface area is 215 Å². The lowest BCUT2D eigenvalue weighted by molar-refractivity contribution is -0.138. The first-order valence-electron chi connectivity index (χ1n) is 11.6. The third-order valence-electron chi connectivity index (χ3n) is 5.93. The zero-order valence-corrected chi connectivity index (χ0v) is 21.0. The molecular formula is C26H26F7N3O2. The van der Waals surface area contributed by atoms with Gasteiger partial charge in [-0.3, -0.25) is 10.2 Å². The maximum Gasteiger partial charge on any atom is 0.416 e. The lowest BCUT2D eigenvalue weighted by atomic mass is 9.92. The molecule has 2 aromatic rings. The van der Waals surface area contributed by atoms with Gasteiger partial charge in [-0.1, -0.05) is 6.07 Å². The molecule has 0 saturated heterocycles. The van der Waals surface area contributed by atoms with Gasteiger partial charge >= 0.3 is 18.4 Å². The van der Waals surface area contributed by atoms with E-state index in [1.165, 1.54) is 13.0 Å². The average molecular weight is 545 g/mol. The number of fused-ring (bicyclic) bond motifs is 1. The van der Waals surface area contributed by atoms with E-state index in [1.807, 2.05) is 0 Å². The van der Waals surface area contributed by atoms with Crippen LogP contribution in [0.3, 0.4) is 0 Å². The number of aryl methyl sites for hydroxylation is 1. The van der Waals surface area contributed by atoms with E-state index in [2.05, 4.69) is 11.4 Å². The number of carbonyl (C=O) groups excluding carboxylic acids is 1. The number of hydrogen-bond donors (Lipinski definition) is 1. The molecule has 0 aliphatic carbocycles. The van der Waals surface area contributed by atoms with Gasteiger partial charge < -0.3 is 4.74 Å². The van der Waals surface area contributed by atoms with Crippen LogP contribution in [-0.2, 0) is 23.6 Å². The van der Waals surface area contributed by atoms with Crippen LogP contribution < -0.4 is 10.2 Å². The molecule has 0 radical (unpaired) electrons. The van der Waals surface area contributed by atoms with Gasteiger partial charge in [-0.25, -0.2) is 9.18 Å². The molecule has 1 aliphatic rings. The summed E-state index contributed by atoms with van der Waals surface area (Å²) in [5.41, 5.74) is -3.49. The summed E-state index contributed by atoms with van der Waals surface area (Å²) in [5.74, 6) is -1.99. The molecule has 2 atom stereocenters. The molecule has 38 heavy (non-hydrogen) atoms. The number of nitrogens with zero attached hydrogens (tertiary/aromatic N) is 2. The fourth-order valence-corrected chi connectivity index (χ4v) is 4.30. The van der Waals surface area contributed by atoms with E-state index in [0.717, 1.165) is 23.1 Å². The van der Waals surface area contributed by atoms with Crippen molar-refractivity contribution in [3.8, 4) is 6.07 Å². The summed E-state index contributed by atoms with van der Waals surface area (Å²) in [6.45, 7) is 5.58. The van der Waals surface area contributed by atoms with E-state index in [0.29, 0.717) is 6.07 Å². The van der Waals surface area contributed by atoms with E-state index < -0.39 is 53.1 Å². The number of alkyl halides is 6. The number of anilines is 1. The van der Waals surface area contributed by atoms with Gasteiger partial charge in [0.2, 0.25) is 0 Å². The number of rotatable bonds is 3. The van der Waals surface area contributed by atoms with Crippen LogP contribution in [0.2, 0.25) is 0 Å². The first-order chi connectivity index (χ1) is 17.4. The monoisotopic (exact) mass is 545 g/mol. The van der Waals surface area contributed by atoms with Crippen LogP contribution in [0, 0.1) is 24.1 Å². The molecule has 0 fully saturated rings. The van der Waals surface area contributed by atoms with Gasteiger partial charge in [0.25, 0.3) is 0 Å². The highest BCUT2D eigenvalue weighted by atomic mass is 19.4. The summed E-state index contributed by atoms with van der Waals surface area (Å²) in [6.07, 6.45) is -11.5. The highest BCUT2D eigenvalue weighted by Gasteiger charge is 2.40. The highest BCUT2D eigenvalue weighted by Crippen LogP contribution is 2.42. The topological polar surface area (TPSA) is 65.4 Å². The molecule has 2 aromatic carbocycles. The summed E-state index contributed by atoms with van der Waals surface area (Å²) in [5, 5.41) is 12.6. The van der Waals surface area contributed by atoms with Crippen LogP contribution in [0.25, 0.3) is 0 Å². The smallest absolute Gasteiger partial charge is 0.416 e. The number of halogens is 7. The van der Waals surface area contributed by atoms with Crippen LogP contribution in [0.15, 0.2) is 30.3 Å². The zero-order chi connectivity index (χ0) is 28.6. The van der Waals surface area contributed by atoms with Gasteiger partial charge in [0.1, 0.15) is 11.4 Å². The maximum absolute atomic E-state index is 13.9. The third kappa shape index (κ3) is 6.75. The Morgan fingerprint density at radius 2 is 1.71 bits per heavy atom. The number of amides is 1. The van der Waals surface area contributed by atoms with Gasteiger partial charge in [-0.15, -0.1) is 0 Å². The maximum atomic E-state index is 13.9. The number of nitriles is 1. The molecule has 1 heterocycles. The minimum absolute atomic E-state index is 0.0496. The van der Waals surface area contributed by atoms with Crippen molar-refractivity contribution in [1.29, 1.82) is 5.26 Å². The Hall–Kier alpha value is -3.33. The summed E-state index contributed by atoms with van der Waals surface area (Å²) in [6, 6.07) is 6.02. The average Bonchev–Trinajstić information content (AvgIpc) is 2.90. The summed E-state index contributed by atoms with van der Waals surface area (Å²) >= 11 is 0. The van der Waals surface area contributed by atoms with Crippen molar-refractivity contribution < 1.29 is 40.3 Å². The second-order valence-electron chi connectivity index (χ2n) is 10.1. The number of hydrogen-bond acceptors (Lipinski definition) is 4. The molecule has 5 nitrogen and oxygen atoms in total. The third-order valence-corrected chi connectivity index (χ3v) is 5.93. The van der Waals surface area contributed by atoms with Crippen LogP contribution in [-0.4, -0.2) is 17.9 Å². The Balaban J connectivity index is 2.10. The normalized spacial score (nSPS) is 18.4. The molecule has 3 rings (SSSR count). The van der Waals surface area contributed by atoms with E-state index >= 15 is 0 Å². The Kier molecular flexibility index (Phi) is 8.03. The van der Waals surface area contributed by atoms with Gasteiger partial charge in [-0.05, 0) is 81.5 Å². The molecule has 0 aromatic heterocycles. The Bertz CT molecular complexity index is 1240. The van der Waals surface area contributed by atoms with Gasteiger partial charge in [0.15, 0.2) is 0 Å². The summed E-state index contributed by atoms with van der Waals surface area (Å²) in [4.78, 5) is 14.3. The van der Waals surface area contributed by atoms with Crippen molar-refractivity contribution in [2.75, 3.05) is 4.90 Å². The predicted molar refractivity (Wildman–Crippen MR) is 125 cm³/mol. The second kappa shape index (κ2) is 10.4. The van der Waals surface area contributed by atoms with Crippen molar-refractivity contribution in [3.63, 3.8) is 0 Å². The van der Waals surface area contributed by atoms with Crippen molar-refractivity contribution in [2.45, 2.75) is 77.1 Å². The molecular weight excluding hydrogens is 519 g/mol. The van der Waals surface area contributed by atoms with Crippen molar-refractivity contribution in [3.05, 3.63) is 64.0 Å². The van der Waals surface area contributed by atoms with Gasteiger partial charge in [0, 0.05) is 6.54 Å². The van der Waals surface area contributed by atoms with E-state index in [-0.39, 0.29) is 41.8 Å². The van der Waals surface area contributed by atoms with E-state index in [9.17, 15) is 40.8 Å². The zero-order valence-electron chi connectivity index (χ0n) is 21.0. The highest BCUT2D eigenvalue weighted by molar-refractivity contribution is 5.90. The fraction of sp³-hybridized carbons (Fsp3) is 0.462. The minimum atomic E-state index is -4.80. The largest absolute Gasteiger partial charge is 0.443 e. The SMILES string of the molecule is Cc1cc2c(cc1C(F)(F)F)N(C(=O)OC(C)(C)C)[C@H](NCc1cc(F)cc(C(F)(F)F)c1)CCC2C#N. The van der Waals surface area contributed by atoms with Crippen LogP contribution in [0.5, 0.6) is 0 Å². The summed E-state index contributed by atoms with van der Waals surface area (Å²) < 4.78 is 100. The number of carbonyl (C=O) groups is 1. The molecule has 0 bridgehead atoms. The van der Waals surface area contributed by atoms with Gasteiger partial charge in [0.05, 0.1) is 35.0 Å². The Morgan fingerprint density at radius 3 is 2.26 bits per heavy atom. The first-order valence-corrected chi connectivity index (χ1v) is 11.6. The molecule has 0 saturated carbocycles. The van der Waals surface area contributed by atoms with Crippen molar-refractivity contribution in [2.24, 2.45) is 0 Å². The van der Waals surface area contributed by atoms with Crippen molar-refractivity contribution >= 4 is 11.8 Å². The van der Waals surface area contributed by atoms with E-state index in [4.69, 9.17) is 4.74 Å².